The monoisotopic (exact) mass is 218 g/mol. The van der Waals surface area contributed by atoms with Crippen molar-refractivity contribution in [3.8, 4) is 0 Å². The number of carboxylic acids is 1. The van der Waals surface area contributed by atoms with Gasteiger partial charge in [0.15, 0.2) is 0 Å². The summed E-state index contributed by atoms with van der Waals surface area (Å²) in [6.07, 6.45) is 4.95. The summed E-state index contributed by atoms with van der Waals surface area (Å²) in [5.41, 5.74) is 9.39. The number of carboxylic acid groups (broad SMARTS) is 1. The first-order valence-electron chi connectivity index (χ1n) is 4.56. The van der Waals surface area contributed by atoms with E-state index in [1.54, 1.807) is 30.5 Å². The molecule has 0 amide bonds. The second-order valence-electron chi connectivity index (χ2n) is 2.97. The maximum atomic E-state index is 10.4. The maximum absolute atomic E-state index is 10.4. The SMILES string of the molecule is [N-]=[N+]=NCC=Cc1ccc(CC(=O)O)nc1. The molecule has 0 unspecified atom stereocenters. The lowest BCUT2D eigenvalue weighted by Crippen LogP contribution is -2.01. The largest absolute Gasteiger partial charge is 0.481 e. The predicted molar refractivity (Wildman–Crippen MR) is 58.6 cm³/mol. The third-order valence-corrected chi connectivity index (χ3v) is 1.74. The zero-order valence-corrected chi connectivity index (χ0v) is 8.45. The van der Waals surface area contributed by atoms with Crippen LogP contribution < -0.4 is 0 Å². The standard InChI is InChI=1S/C10H10N4O2/c11-14-13-5-1-2-8-3-4-9(12-7-8)6-10(15)16/h1-4,7H,5-6H2,(H,15,16). The van der Waals surface area contributed by atoms with Crippen molar-refractivity contribution in [2.24, 2.45) is 5.11 Å². The highest BCUT2D eigenvalue weighted by molar-refractivity contribution is 5.69. The van der Waals surface area contributed by atoms with E-state index in [9.17, 15) is 4.79 Å². The summed E-state index contributed by atoms with van der Waals surface area (Å²) < 4.78 is 0. The molecule has 6 nitrogen and oxygen atoms in total. The van der Waals surface area contributed by atoms with E-state index in [4.69, 9.17) is 10.6 Å². The fraction of sp³-hybridized carbons (Fsp3) is 0.200. The van der Waals surface area contributed by atoms with Crippen LogP contribution in [-0.4, -0.2) is 22.6 Å². The molecule has 6 heteroatoms. The minimum atomic E-state index is -0.904. The van der Waals surface area contributed by atoms with Crippen LogP contribution in [0.25, 0.3) is 16.5 Å². The minimum absolute atomic E-state index is 0.0806. The average Bonchev–Trinajstić information content (AvgIpc) is 2.26. The number of pyridine rings is 1. The molecule has 1 heterocycles. The van der Waals surface area contributed by atoms with Crippen molar-refractivity contribution in [1.29, 1.82) is 0 Å². The number of hydrogen-bond donors (Lipinski definition) is 1. The Morgan fingerprint density at radius 1 is 1.62 bits per heavy atom. The molecule has 1 aromatic heterocycles. The van der Waals surface area contributed by atoms with Gasteiger partial charge in [-0.3, -0.25) is 9.78 Å². The lowest BCUT2D eigenvalue weighted by Gasteiger charge is -1.96. The first-order chi connectivity index (χ1) is 7.72. The molecule has 0 aliphatic heterocycles. The van der Waals surface area contributed by atoms with Gasteiger partial charge < -0.3 is 5.11 Å². The summed E-state index contributed by atoms with van der Waals surface area (Å²) in [6, 6.07) is 3.42. The maximum Gasteiger partial charge on any atom is 0.309 e. The van der Waals surface area contributed by atoms with Crippen LogP contribution in [0.4, 0.5) is 0 Å². The van der Waals surface area contributed by atoms with Gasteiger partial charge in [0.05, 0.1) is 12.1 Å². The number of aromatic nitrogens is 1. The van der Waals surface area contributed by atoms with E-state index >= 15 is 0 Å². The molecule has 82 valence electrons. The van der Waals surface area contributed by atoms with Crippen LogP contribution in [0.5, 0.6) is 0 Å². The Kier molecular flexibility index (Phi) is 4.56. The molecule has 0 fully saturated rings. The van der Waals surface area contributed by atoms with Crippen LogP contribution in [0.15, 0.2) is 29.5 Å². The van der Waals surface area contributed by atoms with Gasteiger partial charge in [0.1, 0.15) is 0 Å². The van der Waals surface area contributed by atoms with E-state index in [2.05, 4.69) is 15.0 Å². The summed E-state index contributed by atoms with van der Waals surface area (Å²) in [6.45, 7) is 0.285. The molecule has 0 atom stereocenters. The number of carbonyl (C=O) groups is 1. The number of azide groups is 1. The molecule has 0 aliphatic rings. The molecule has 0 aliphatic carbocycles. The van der Waals surface area contributed by atoms with Gasteiger partial charge in [0.25, 0.3) is 0 Å². The van der Waals surface area contributed by atoms with Crippen molar-refractivity contribution in [1.82, 2.24) is 4.98 Å². The Morgan fingerprint density at radius 3 is 3.00 bits per heavy atom. The van der Waals surface area contributed by atoms with Crippen LogP contribution in [-0.2, 0) is 11.2 Å². The Labute approximate surface area is 91.9 Å². The zero-order valence-electron chi connectivity index (χ0n) is 8.45. The number of hydrogen-bond acceptors (Lipinski definition) is 3. The van der Waals surface area contributed by atoms with Crippen molar-refractivity contribution in [2.75, 3.05) is 6.54 Å². The molecule has 1 rings (SSSR count). The fourth-order valence-corrected chi connectivity index (χ4v) is 1.07. The number of nitrogens with zero attached hydrogens (tertiary/aromatic N) is 4. The smallest absolute Gasteiger partial charge is 0.309 e. The van der Waals surface area contributed by atoms with E-state index in [1.165, 1.54) is 0 Å². The van der Waals surface area contributed by atoms with Crippen molar-refractivity contribution >= 4 is 12.0 Å². The van der Waals surface area contributed by atoms with Crippen LogP contribution in [0.3, 0.4) is 0 Å². The van der Waals surface area contributed by atoms with Crippen molar-refractivity contribution in [3.05, 3.63) is 46.1 Å². The van der Waals surface area contributed by atoms with Crippen LogP contribution in [0.1, 0.15) is 11.3 Å². The second kappa shape index (κ2) is 6.21. The van der Waals surface area contributed by atoms with Gasteiger partial charge in [-0.2, -0.15) is 0 Å². The van der Waals surface area contributed by atoms with Gasteiger partial charge in [-0.05, 0) is 17.2 Å². The van der Waals surface area contributed by atoms with Crippen LogP contribution >= 0.6 is 0 Å². The highest BCUT2D eigenvalue weighted by Crippen LogP contribution is 2.03. The van der Waals surface area contributed by atoms with Gasteiger partial charge in [0, 0.05) is 17.7 Å². The zero-order chi connectivity index (χ0) is 11.8. The van der Waals surface area contributed by atoms with Gasteiger partial charge in [-0.15, -0.1) is 0 Å². The first kappa shape index (κ1) is 11.7. The summed E-state index contributed by atoms with van der Waals surface area (Å²) in [7, 11) is 0. The lowest BCUT2D eigenvalue weighted by atomic mass is 10.2. The molecule has 0 bridgehead atoms. The highest BCUT2D eigenvalue weighted by Gasteiger charge is 2.00. The molecule has 0 radical (unpaired) electrons. The second-order valence-corrected chi connectivity index (χ2v) is 2.97. The van der Waals surface area contributed by atoms with Gasteiger partial charge in [-0.25, -0.2) is 0 Å². The molecular formula is C10H10N4O2. The van der Waals surface area contributed by atoms with E-state index < -0.39 is 5.97 Å². The van der Waals surface area contributed by atoms with E-state index in [0.29, 0.717) is 5.69 Å². The van der Waals surface area contributed by atoms with E-state index in [-0.39, 0.29) is 13.0 Å². The molecule has 1 N–H and O–H groups in total. The first-order valence-corrected chi connectivity index (χ1v) is 4.56. The Hall–Kier alpha value is -2.33. The Bertz CT molecular complexity index is 433. The van der Waals surface area contributed by atoms with Gasteiger partial charge in [0.2, 0.25) is 0 Å². The third-order valence-electron chi connectivity index (χ3n) is 1.74. The predicted octanol–water partition coefficient (Wildman–Crippen LogP) is 2.03. The molecule has 16 heavy (non-hydrogen) atoms. The molecule has 0 aromatic carbocycles. The number of rotatable bonds is 5. The molecule has 0 saturated carbocycles. The summed E-state index contributed by atoms with van der Waals surface area (Å²) >= 11 is 0. The van der Waals surface area contributed by atoms with Gasteiger partial charge >= 0.3 is 5.97 Å². The fourth-order valence-electron chi connectivity index (χ4n) is 1.07. The normalized spacial score (nSPS) is 10.0. The molecule has 0 saturated heterocycles. The summed E-state index contributed by atoms with van der Waals surface area (Å²) in [5.74, 6) is -0.904. The molecule has 0 spiro atoms. The third kappa shape index (κ3) is 4.26. The lowest BCUT2D eigenvalue weighted by molar-refractivity contribution is -0.136. The van der Waals surface area contributed by atoms with Crippen LogP contribution in [0.2, 0.25) is 0 Å². The summed E-state index contributed by atoms with van der Waals surface area (Å²) in [5, 5.41) is 11.9. The Morgan fingerprint density at radius 2 is 2.44 bits per heavy atom. The van der Waals surface area contributed by atoms with E-state index in [1.807, 2.05) is 0 Å². The quantitative estimate of drug-likeness (QED) is 0.465. The van der Waals surface area contributed by atoms with Crippen molar-refractivity contribution in [2.45, 2.75) is 6.42 Å². The highest BCUT2D eigenvalue weighted by atomic mass is 16.4. The van der Waals surface area contributed by atoms with Gasteiger partial charge in [-0.1, -0.05) is 23.3 Å². The van der Waals surface area contributed by atoms with E-state index in [0.717, 1.165) is 5.56 Å². The minimum Gasteiger partial charge on any atom is -0.481 e. The Balaban J connectivity index is 2.60. The number of aliphatic carboxylic acids is 1. The average molecular weight is 218 g/mol. The van der Waals surface area contributed by atoms with Crippen molar-refractivity contribution in [3.63, 3.8) is 0 Å². The van der Waals surface area contributed by atoms with Crippen LogP contribution in [0, 0.1) is 0 Å². The summed E-state index contributed by atoms with van der Waals surface area (Å²) in [4.78, 5) is 17.0. The topological polar surface area (TPSA) is 99.0 Å². The molecule has 1 aromatic rings. The van der Waals surface area contributed by atoms with Crippen molar-refractivity contribution < 1.29 is 9.90 Å². The molecular weight excluding hydrogens is 208 g/mol.